The number of benzene rings is 1. The Morgan fingerprint density at radius 2 is 2.00 bits per heavy atom. The Kier molecular flexibility index (Phi) is 5.28. The van der Waals surface area contributed by atoms with Gasteiger partial charge in [-0.15, -0.1) is 0 Å². The molecule has 29 heavy (non-hydrogen) atoms. The predicted molar refractivity (Wildman–Crippen MR) is 107 cm³/mol. The number of fused-ring (bicyclic) bond motifs is 1. The van der Waals surface area contributed by atoms with Gasteiger partial charge in [0, 0.05) is 24.8 Å². The Hall–Kier alpha value is -3.62. The number of hydrogen-bond donors (Lipinski definition) is 2. The van der Waals surface area contributed by atoms with Crippen LogP contribution in [0.1, 0.15) is 21.7 Å². The van der Waals surface area contributed by atoms with E-state index in [0.717, 1.165) is 11.4 Å². The molecule has 0 spiro atoms. The summed E-state index contributed by atoms with van der Waals surface area (Å²) in [6, 6.07) is 9.10. The van der Waals surface area contributed by atoms with Crippen molar-refractivity contribution in [1.29, 1.82) is 0 Å². The molecule has 9 heteroatoms. The second-order valence-electron chi connectivity index (χ2n) is 6.61. The van der Waals surface area contributed by atoms with Crippen LogP contribution in [0.2, 0.25) is 0 Å². The van der Waals surface area contributed by atoms with E-state index in [0.29, 0.717) is 55.0 Å². The number of carbonyl (C=O) groups excluding carboxylic acids is 1. The number of aryl methyl sites for hydroxylation is 2. The van der Waals surface area contributed by atoms with Crippen molar-refractivity contribution < 1.29 is 14.3 Å². The van der Waals surface area contributed by atoms with E-state index in [1.807, 2.05) is 26.0 Å². The molecule has 150 valence electrons. The van der Waals surface area contributed by atoms with Gasteiger partial charge in [-0.25, -0.2) is 14.6 Å². The summed E-state index contributed by atoms with van der Waals surface area (Å²) in [7, 11) is 0. The molecule has 2 aromatic heterocycles. The smallest absolute Gasteiger partial charge is 0.255 e. The van der Waals surface area contributed by atoms with Gasteiger partial charge < -0.3 is 20.1 Å². The highest BCUT2D eigenvalue weighted by molar-refractivity contribution is 5.97. The van der Waals surface area contributed by atoms with Crippen LogP contribution in [-0.2, 0) is 0 Å². The molecule has 0 aliphatic carbocycles. The summed E-state index contributed by atoms with van der Waals surface area (Å²) in [5.74, 6) is 2.23. The summed E-state index contributed by atoms with van der Waals surface area (Å²) in [5, 5.41) is 10.5. The number of carbonyl (C=O) groups is 1. The Balaban J connectivity index is 1.34. The lowest BCUT2D eigenvalue weighted by atomic mass is 10.1. The molecule has 0 atom stereocenters. The standard InChI is InChI=1S/C20H22N6O3/c1-13-10-14(2)26(25-13)18-11-17(23-12-24-18)21-6-7-22-20(27)15-4-3-5-16-19(15)29-9-8-28-16/h3-5,10-12H,6-9H2,1-2H3,(H,22,27)(H,21,23,24). The fraction of sp³-hybridized carbons (Fsp3) is 0.300. The van der Waals surface area contributed by atoms with E-state index in [9.17, 15) is 4.79 Å². The molecule has 1 amide bonds. The highest BCUT2D eigenvalue weighted by Gasteiger charge is 2.19. The summed E-state index contributed by atoms with van der Waals surface area (Å²) in [6.45, 7) is 5.76. The zero-order chi connectivity index (χ0) is 20.2. The third kappa shape index (κ3) is 4.13. The summed E-state index contributed by atoms with van der Waals surface area (Å²) in [5.41, 5.74) is 2.39. The molecule has 2 N–H and O–H groups in total. The maximum atomic E-state index is 12.5. The van der Waals surface area contributed by atoms with E-state index < -0.39 is 0 Å². The Labute approximate surface area is 168 Å². The number of nitrogens with zero attached hydrogens (tertiary/aromatic N) is 4. The minimum absolute atomic E-state index is 0.208. The SMILES string of the molecule is Cc1cc(C)n(-c2cc(NCCNC(=O)c3cccc4c3OCCO4)ncn2)n1. The van der Waals surface area contributed by atoms with Gasteiger partial charge in [0.05, 0.1) is 11.3 Å². The van der Waals surface area contributed by atoms with Crippen molar-refractivity contribution in [2.75, 3.05) is 31.6 Å². The first-order valence-corrected chi connectivity index (χ1v) is 9.38. The molecule has 1 aromatic carbocycles. The molecule has 1 aliphatic rings. The number of hydrogen-bond acceptors (Lipinski definition) is 7. The van der Waals surface area contributed by atoms with Gasteiger partial charge in [0.1, 0.15) is 25.4 Å². The topological polar surface area (TPSA) is 103 Å². The molecule has 1 aliphatic heterocycles. The molecule has 0 saturated heterocycles. The fourth-order valence-electron chi connectivity index (χ4n) is 3.13. The molecular formula is C20H22N6O3. The van der Waals surface area contributed by atoms with Crippen molar-refractivity contribution in [3.05, 3.63) is 53.6 Å². The first kappa shape index (κ1) is 18.7. The number of aromatic nitrogens is 4. The van der Waals surface area contributed by atoms with Crippen LogP contribution >= 0.6 is 0 Å². The third-order valence-corrected chi connectivity index (χ3v) is 4.41. The Bertz CT molecular complexity index is 1030. The van der Waals surface area contributed by atoms with Crippen molar-refractivity contribution >= 4 is 11.7 Å². The molecular weight excluding hydrogens is 372 g/mol. The highest BCUT2D eigenvalue weighted by Crippen LogP contribution is 2.33. The predicted octanol–water partition coefficient (Wildman–Crippen LogP) is 1.89. The van der Waals surface area contributed by atoms with Gasteiger partial charge in [0.2, 0.25) is 0 Å². The lowest BCUT2D eigenvalue weighted by molar-refractivity contribution is 0.0944. The summed E-state index contributed by atoms with van der Waals surface area (Å²) >= 11 is 0. The summed E-state index contributed by atoms with van der Waals surface area (Å²) in [6.07, 6.45) is 1.49. The van der Waals surface area contributed by atoms with Gasteiger partial charge in [-0.2, -0.15) is 5.10 Å². The summed E-state index contributed by atoms with van der Waals surface area (Å²) in [4.78, 5) is 21.0. The molecule has 4 rings (SSSR count). The van der Waals surface area contributed by atoms with E-state index >= 15 is 0 Å². The maximum Gasteiger partial charge on any atom is 0.255 e. The van der Waals surface area contributed by atoms with Crippen LogP contribution in [0.4, 0.5) is 5.82 Å². The maximum absolute atomic E-state index is 12.5. The fourth-order valence-corrected chi connectivity index (χ4v) is 3.13. The van der Waals surface area contributed by atoms with Gasteiger partial charge in [-0.05, 0) is 32.0 Å². The van der Waals surface area contributed by atoms with E-state index in [4.69, 9.17) is 9.47 Å². The van der Waals surface area contributed by atoms with Crippen LogP contribution < -0.4 is 20.1 Å². The van der Waals surface area contributed by atoms with Gasteiger partial charge in [0.15, 0.2) is 17.3 Å². The van der Waals surface area contributed by atoms with Crippen molar-refractivity contribution in [2.24, 2.45) is 0 Å². The lowest BCUT2D eigenvalue weighted by Crippen LogP contribution is -2.30. The van der Waals surface area contributed by atoms with Gasteiger partial charge in [-0.3, -0.25) is 4.79 Å². The number of amides is 1. The molecule has 0 fully saturated rings. The van der Waals surface area contributed by atoms with E-state index in [1.165, 1.54) is 6.33 Å². The average Bonchev–Trinajstić information content (AvgIpc) is 3.09. The summed E-state index contributed by atoms with van der Waals surface area (Å²) < 4.78 is 12.9. The first-order valence-electron chi connectivity index (χ1n) is 9.38. The van der Waals surface area contributed by atoms with E-state index in [2.05, 4.69) is 25.7 Å². The molecule has 3 aromatic rings. The normalized spacial score (nSPS) is 12.5. The number of ether oxygens (including phenoxy) is 2. The highest BCUT2D eigenvalue weighted by atomic mass is 16.6. The Morgan fingerprint density at radius 1 is 1.14 bits per heavy atom. The first-order chi connectivity index (χ1) is 14.1. The van der Waals surface area contributed by atoms with E-state index in [-0.39, 0.29) is 5.91 Å². The molecule has 0 saturated carbocycles. The minimum Gasteiger partial charge on any atom is -0.486 e. The van der Waals surface area contributed by atoms with Crippen LogP contribution in [0.5, 0.6) is 11.5 Å². The quantitative estimate of drug-likeness (QED) is 0.616. The van der Waals surface area contributed by atoms with Crippen LogP contribution in [0.25, 0.3) is 5.82 Å². The minimum atomic E-state index is -0.208. The zero-order valence-electron chi connectivity index (χ0n) is 16.3. The Morgan fingerprint density at radius 3 is 2.83 bits per heavy atom. The largest absolute Gasteiger partial charge is 0.486 e. The van der Waals surface area contributed by atoms with Gasteiger partial charge in [-0.1, -0.05) is 6.07 Å². The number of nitrogens with one attached hydrogen (secondary N) is 2. The number of rotatable bonds is 6. The van der Waals surface area contributed by atoms with Crippen LogP contribution in [0.3, 0.4) is 0 Å². The number of para-hydroxylation sites is 1. The van der Waals surface area contributed by atoms with E-state index in [1.54, 1.807) is 22.9 Å². The van der Waals surface area contributed by atoms with Crippen molar-refractivity contribution in [3.8, 4) is 17.3 Å². The molecule has 0 radical (unpaired) electrons. The monoisotopic (exact) mass is 394 g/mol. The molecule has 9 nitrogen and oxygen atoms in total. The second kappa shape index (κ2) is 8.17. The lowest BCUT2D eigenvalue weighted by Gasteiger charge is -2.20. The van der Waals surface area contributed by atoms with Crippen LogP contribution in [-0.4, -0.2) is 52.0 Å². The van der Waals surface area contributed by atoms with Gasteiger partial charge in [0.25, 0.3) is 5.91 Å². The van der Waals surface area contributed by atoms with Crippen molar-refractivity contribution in [3.63, 3.8) is 0 Å². The van der Waals surface area contributed by atoms with Crippen LogP contribution in [0, 0.1) is 13.8 Å². The number of anilines is 1. The van der Waals surface area contributed by atoms with Crippen molar-refractivity contribution in [2.45, 2.75) is 13.8 Å². The van der Waals surface area contributed by atoms with Gasteiger partial charge >= 0.3 is 0 Å². The zero-order valence-corrected chi connectivity index (χ0v) is 16.3. The molecule has 0 unspecified atom stereocenters. The van der Waals surface area contributed by atoms with Crippen molar-refractivity contribution in [1.82, 2.24) is 25.1 Å². The van der Waals surface area contributed by atoms with Crippen LogP contribution in [0.15, 0.2) is 36.7 Å². The molecule has 3 heterocycles. The second-order valence-corrected chi connectivity index (χ2v) is 6.61. The molecule has 0 bridgehead atoms. The average molecular weight is 394 g/mol. The third-order valence-electron chi connectivity index (χ3n) is 4.41.